The number of hydrogen-bond donors (Lipinski definition) is 0. The predicted molar refractivity (Wildman–Crippen MR) is 125 cm³/mol. The van der Waals surface area contributed by atoms with Gasteiger partial charge in [-0.2, -0.15) is 0 Å². The third-order valence-electron chi connectivity index (χ3n) is 6.45. The number of nitrogens with zero attached hydrogens (tertiary/aromatic N) is 1. The van der Waals surface area contributed by atoms with Gasteiger partial charge in [-0.25, -0.2) is 4.79 Å². The minimum atomic E-state index is -2.30. The van der Waals surface area contributed by atoms with Gasteiger partial charge in [-0.05, 0) is 36.4 Å². The van der Waals surface area contributed by atoms with E-state index in [9.17, 15) is 9.59 Å². The average Bonchev–Trinajstić information content (AvgIpc) is 3.42. The highest BCUT2D eigenvalue weighted by Crippen LogP contribution is 2.62. The van der Waals surface area contributed by atoms with E-state index in [4.69, 9.17) is 4.74 Å². The molecule has 0 saturated carbocycles. The Kier molecular flexibility index (Phi) is 5.33. The Hall–Kier alpha value is -2.97. The van der Waals surface area contributed by atoms with Crippen LogP contribution in [-0.2, 0) is 14.3 Å². The van der Waals surface area contributed by atoms with E-state index in [2.05, 4.69) is 72.8 Å². The van der Waals surface area contributed by atoms with Crippen LogP contribution >= 0.6 is 7.26 Å². The molecular weight excluding hydrogens is 405 g/mol. The zero-order chi connectivity index (χ0) is 21.3. The number of carbonyl (C=O) groups excluding carboxylic acids is 2. The number of carbonyl (C=O) groups is 2. The monoisotopic (exact) mass is 430 g/mol. The van der Waals surface area contributed by atoms with Gasteiger partial charge in [-0.3, -0.25) is 4.79 Å². The van der Waals surface area contributed by atoms with E-state index in [0.717, 1.165) is 6.42 Å². The van der Waals surface area contributed by atoms with Crippen LogP contribution in [0.15, 0.2) is 91.0 Å². The molecule has 5 heteroatoms. The number of likely N-dealkylation sites (tertiary alicyclic amines) is 1. The van der Waals surface area contributed by atoms with Crippen LogP contribution in [0.2, 0.25) is 0 Å². The van der Waals surface area contributed by atoms with Crippen molar-refractivity contribution in [3.8, 4) is 0 Å². The van der Waals surface area contributed by atoms with Crippen LogP contribution in [-0.4, -0.2) is 41.6 Å². The minimum absolute atomic E-state index is 0.0775. The van der Waals surface area contributed by atoms with Crippen molar-refractivity contribution in [1.29, 1.82) is 0 Å². The van der Waals surface area contributed by atoms with Gasteiger partial charge in [0.1, 0.15) is 29.2 Å². The lowest BCUT2D eigenvalue weighted by Gasteiger charge is -2.32. The Bertz CT molecular complexity index is 975. The Morgan fingerprint density at radius 3 is 1.61 bits per heavy atom. The fourth-order valence-corrected chi connectivity index (χ4v) is 9.98. The first kappa shape index (κ1) is 20.0. The number of amides is 1. The number of hydrogen-bond acceptors (Lipinski definition) is 3. The molecule has 0 N–H and O–H groups in total. The molecule has 0 spiro atoms. The fraction of sp³-hybridized carbons (Fsp3) is 0.231. The van der Waals surface area contributed by atoms with Crippen molar-refractivity contribution in [2.75, 3.05) is 13.2 Å². The molecule has 31 heavy (non-hydrogen) atoms. The van der Waals surface area contributed by atoms with Crippen molar-refractivity contribution in [2.24, 2.45) is 0 Å². The SMILES string of the molecule is O=C1OCCC1N1CC[C@H]([P+](c2ccccc2)(c2ccccc2)c2ccccc2)C1=O. The molecule has 0 radical (unpaired) electrons. The second-order valence-electron chi connectivity index (χ2n) is 8.04. The van der Waals surface area contributed by atoms with Crippen LogP contribution in [0.1, 0.15) is 12.8 Å². The molecule has 2 aliphatic heterocycles. The lowest BCUT2D eigenvalue weighted by atomic mass is 10.2. The number of benzene rings is 3. The Morgan fingerprint density at radius 2 is 1.19 bits per heavy atom. The maximum Gasteiger partial charge on any atom is 0.328 e. The zero-order valence-electron chi connectivity index (χ0n) is 17.3. The molecule has 1 amide bonds. The summed E-state index contributed by atoms with van der Waals surface area (Å²) in [5.74, 6) is -0.189. The average molecular weight is 430 g/mol. The van der Waals surface area contributed by atoms with E-state index in [1.54, 1.807) is 4.90 Å². The lowest BCUT2D eigenvalue weighted by molar-refractivity contribution is -0.146. The van der Waals surface area contributed by atoms with Gasteiger partial charge >= 0.3 is 5.97 Å². The van der Waals surface area contributed by atoms with E-state index in [1.165, 1.54) is 15.9 Å². The molecule has 2 heterocycles. The van der Waals surface area contributed by atoms with Gasteiger partial charge in [-0.1, -0.05) is 54.6 Å². The minimum Gasteiger partial charge on any atom is -0.464 e. The summed E-state index contributed by atoms with van der Waals surface area (Å²) in [6.07, 6.45) is 1.32. The van der Waals surface area contributed by atoms with Crippen molar-refractivity contribution >= 4 is 35.1 Å². The summed E-state index contributed by atoms with van der Waals surface area (Å²) < 4.78 is 5.18. The van der Waals surface area contributed by atoms with Gasteiger partial charge in [0.2, 0.25) is 0 Å². The number of esters is 1. The van der Waals surface area contributed by atoms with Gasteiger partial charge in [0.15, 0.2) is 5.66 Å². The van der Waals surface area contributed by atoms with Crippen molar-refractivity contribution in [3.63, 3.8) is 0 Å². The third-order valence-corrected chi connectivity index (χ3v) is 11.2. The van der Waals surface area contributed by atoms with Crippen LogP contribution in [0.5, 0.6) is 0 Å². The van der Waals surface area contributed by atoms with Crippen LogP contribution in [0.3, 0.4) is 0 Å². The predicted octanol–water partition coefficient (Wildman–Crippen LogP) is 2.90. The second kappa shape index (κ2) is 8.28. The normalized spacial score (nSPS) is 21.4. The maximum absolute atomic E-state index is 14.0. The highest BCUT2D eigenvalue weighted by atomic mass is 31.2. The van der Waals surface area contributed by atoms with E-state index in [1.807, 2.05) is 18.2 Å². The standard InChI is InChI=1S/C26H25NO3P/c28-25-24(16-18-27(25)23-17-19-30-26(23)29)31(20-10-4-1-5-11-20,21-12-6-2-7-13-21)22-14-8-3-9-15-22/h1-15,23-24H,16-19H2/q+1/t23?,24-/m0/s1. The molecule has 0 aliphatic carbocycles. The number of cyclic esters (lactones) is 1. The van der Waals surface area contributed by atoms with Gasteiger partial charge < -0.3 is 9.64 Å². The third kappa shape index (κ3) is 3.26. The van der Waals surface area contributed by atoms with Crippen molar-refractivity contribution in [2.45, 2.75) is 24.5 Å². The molecule has 156 valence electrons. The van der Waals surface area contributed by atoms with Gasteiger partial charge in [0.25, 0.3) is 5.91 Å². The molecule has 1 unspecified atom stereocenters. The van der Waals surface area contributed by atoms with Crippen molar-refractivity contribution in [1.82, 2.24) is 4.90 Å². The first-order valence-electron chi connectivity index (χ1n) is 10.8. The highest BCUT2D eigenvalue weighted by Gasteiger charge is 2.60. The second-order valence-corrected chi connectivity index (χ2v) is 11.7. The van der Waals surface area contributed by atoms with Gasteiger partial charge in [0.05, 0.1) is 6.61 Å². The Morgan fingerprint density at radius 1 is 0.710 bits per heavy atom. The molecule has 2 aliphatic rings. The molecule has 3 aromatic rings. The quantitative estimate of drug-likeness (QED) is 0.462. The molecule has 0 bridgehead atoms. The van der Waals surface area contributed by atoms with Crippen LogP contribution < -0.4 is 15.9 Å². The molecule has 2 fully saturated rings. The zero-order valence-corrected chi connectivity index (χ0v) is 18.2. The fourth-order valence-electron chi connectivity index (χ4n) is 5.10. The largest absolute Gasteiger partial charge is 0.464 e. The van der Waals surface area contributed by atoms with Gasteiger partial charge in [-0.15, -0.1) is 0 Å². The number of rotatable bonds is 5. The van der Waals surface area contributed by atoms with E-state index < -0.39 is 13.3 Å². The smallest absolute Gasteiger partial charge is 0.328 e. The van der Waals surface area contributed by atoms with Crippen LogP contribution in [0, 0.1) is 0 Å². The molecule has 4 nitrogen and oxygen atoms in total. The summed E-state index contributed by atoms with van der Waals surface area (Å²) >= 11 is 0. The topological polar surface area (TPSA) is 46.6 Å². The van der Waals surface area contributed by atoms with E-state index in [0.29, 0.717) is 19.6 Å². The summed E-state index contributed by atoms with van der Waals surface area (Å²) in [4.78, 5) is 28.0. The molecule has 0 aromatic heterocycles. The molecule has 2 atom stereocenters. The summed E-state index contributed by atoms with van der Waals surface area (Å²) in [5.41, 5.74) is -0.201. The summed E-state index contributed by atoms with van der Waals surface area (Å²) in [5, 5.41) is 3.59. The molecule has 5 rings (SSSR count). The maximum atomic E-state index is 14.0. The van der Waals surface area contributed by atoms with Gasteiger partial charge in [0, 0.05) is 19.4 Å². The number of ether oxygens (including phenoxy) is 1. The summed E-state index contributed by atoms with van der Waals surface area (Å²) in [6.45, 7) is 0.992. The van der Waals surface area contributed by atoms with Crippen molar-refractivity contribution < 1.29 is 14.3 Å². The Balaban J connectivity index is 1.71. The molecule has 2 saturated heterocycles. The molecule has 3 aromatic carbocycles. The first-order valence-corrected chi connectivity index (χ1v) is 12.6. The van der Waals surface area contributed by atoms with E-state index >= 15 is 0 Å². The Labute approximate surface area is 183 Å². The van der Waals surface area contributed by atoms with Crippen LogP contribution in [0.25, 0.3) is 0 Å². The first-order chi connectivity index (χ1) is 15.2. The lowest BCUT2D eigenvalue weighted by Crippen LogP contribution is -2.46. The van der Waals surface area contributed by atoms with E-state index in [-0.39, 0.29) is 17.5 Å². The summed E-state index contributed by atoms with van der Waals surface area (Å²) in [7, 11) is -2.30. The van der Waals surface area contributed by atoms with Crippen LogP contribution in [0.4, 0.5) is 0 Å². The summed E-state index contributed by atoms with van der Waals surface area (Å²) in [6, 6.07) is 30.9. The highest BCUT2D eigenvalue weighted by molar-refractivity contribution is 7.96. The molecular formula is C26H25NO3P+. The van der Waals surface area contributed by atoms with Crippen molar-refractivity contribution in [3.05, 3.63) is 91.0 Å².